The maximum Gasteiger partial charge on any atom is 0.234 e. The number of para-hydroxylation sites is 1. The molecule has 0 saturated carbocycles. The van der Waals surface area contributed by atoms with Crippen LogP contribution >= 0.6 is 23.4 Å². The van der Waals surface area contributed by atoms with Crippen molar-refractivity contribution < 1.29 is 4.79 Å². The highest BCUT2D eigenvalue weighted by atomic mass is 35.5. The number of hydrogen-bond acceptors (Lipinski definition) is 3. The number of aryl methyl sites for hydroxylation is 1. The van der Waals surface area contributed by atoms with E-state index in [-0.39, 0.29) is 5.91 Å². The van der Waals surface area contributed by atoms with Crippen LogP contribution in [0.2, 0.25) is 5.02 Å². The van der Waals surface area contributed by atoms with Gasteiger partial charge in [-0.25, -0.2) is 4.98 Å². The van der Waals surface area contributed by atoms with Gasteiger partial charge in [0.05, 0.1) is 16.3 Å². The molecule has 116 valence electrons. The van der Waals surface area contributed by atoms with Gasteiger partial charge in [0.15, 0.2) is 0 Å². The van der Waals surface area contributed by atoms with Crippen molar-refractivity contribution in [3.05, 3.63) is 65.2 Å². The monoisotopic (exact) mass is 342 g/mol. The Bertz CT molecular complexity index is 867. The maximum absolute atomic E-state index is 12.1. The molecule has 23 heavy (non-hydrogen) atoms. The summed E-state index contributed by atoms with van der Waals surface area (Å²) in [6.45, 7) is 1.93. The molecule has 1 N–H and O–H groups in total. The number of amides is 1. The number of rotatable bonds is 4. The van der Waals surface area contributed by atoms with Crippen molar-refractivity contribution in [3.63, 3.8) is 0 Å². The van der Waals surface area contributed by atoms with Crippen molar-refractivity contribution in [2.45, 2.75) is 11.9 Å². The van der Waals surface area contributed by atoms with Crippen LogP contribution < -0.4 is 5.32 Å². The van der Waals surface area contributed by atoms with E-state index in [1.807, 2.05) is 49.4 Å². The van der Waals surface area contributed by atoms with Crippen molar-refractivity contribution in [1.82, 2.24) is 4.98 Å². The minimum absolute atomic E-state index is 0.0738. The first-order chi connectivity index (χ1) is 11.1. The first kappa shape index (κ1) is 15.8. The number of nitrogens with zero attached hydrogens (tertiary/aromatic N) is 1. The lowest BCUT2D eigenvalue weighted by atomic mass is 10.2. The lowest BCUT2D eigenvalue weighted by Gasteiger charge is -2.08. The predicted molar refractivity (Wildman–Crippen MR) is 97.3 cm³/mol. The van der Waals surface area contributed by atoms with Crippen LogP contribution in [0.25, 0.3) is 10.9 Å². The molecule has 0 aliphatic heterocycles. The van der Waals surface area contributed by atoms with E-state index in [1.165, 1.54) is 11.8 Å². The zero-order valence-corrected chi connectivity index (χ0v) is 14.1. The Balaban J connectivity index is 1.64. The Morgan fingerprint density at radius 3 is 2.87 bits per heavy atom. The summed E-state index contributed by atoms with van der Waals surface area (Å²) in [4.78, 5) is 16.7. The van der Waals surface area contributed by atoms with Crippen molar-refractivity contribution in [2.75, 3.05) is 11.1 Å². The second-order valence-electron chi connectivity index (χ2n) is 5.14. The van der Waals surface area contributed by atoms with Crippen LogP contribution in [0.1, 0.15) is 5.56 Å². The highest BCUT2D eigenvalue weighted by molar-refractivity contribution is 7.99. The summed E-state index contributed by atoms with van der Waals surface area (Å²) in [5.74, 6) is 0.229. The molecule has 0 aliphatic carbocycles. The number of halogens is 1. The minimum Gasteiger partial charge on any atom is -0.325 e. The van der Waals surface area contributed by atoms with E-state index in [9.17, 15) is 4.79 Å². The zero-order chi connectivity index (χ0) is 16.2. The molecule has 0 aliphatic rings. The fraction of sp³-hybridized carbons (Fsp3) is 0.111. The minimum atomic E-state index is -0.0738. The van der Waals surface area contributed by atoms with Gasteiger partial charge >= 0.3 is 0 Å². The van der Waals surface area contributed by atoms with Crippen LogP contribution in [0.15, 0.2) is 59.6 Å². The first-order valence-electron chi connectivity index (χ1n) is 7.16. The van der Waals surface area contributed by atoms with Crippen LogP contribution in [-0.2, 0) is 4.79 Å². The number of aromatic nitrogens is 1. The SMILES string of the molecule is Cc1ccc(Cl)cc1NC(=O)CSc1ccc2ccccc2n1. The number of benzene rings is 2. The number of pyridine rings is 1. The van der Waals surface area contributed by atoms with Crippen LogP contribution in [0.5, 0.6) is 0 Å². The van der Waals surface area contributed by atoms with Gasteiger partial charge in [-0.15, -0.1) is 0 Å². The number of fused-ring (bicyclic) bond motifs is 1. The summed E-state index contributed by atoms with van der Waals surface area (Å²) in [5.41, 5.74) is 2.66. The highest BCUT2D eigenvalue weighted by Gasteiger charge is 2.07. The molecule has 2 aromatic carbocycles. The number of carbonyl (C=O) groups is 1. The summed E-state index contributed by atoms with van der Waals surface area (Å²) in [6.07, 6.45) is 0. The fourth-order valence-electron chi connectivity index (χ4n) is 2.18. The lowest BCUT2D eigenvalue weighted by Crippen LogP contribution is -2.14. The molecule has 0 atom stereocenters. The maximum atomic E-state index is 12.1. The van der Waals surface area contributed by atoms with Crippen LogP contribution in [0, 0.1) is 6.92 Å². The molecule has 1 heterocycles. The zero-order valence-electron chi connectivity index (χ0n) is 12.5. The van der Waals surface area contributed by atoms with Crippen LogP contribution in [0.4, 0.5) is 5.69 Å². The van der Waals surface area contributed by atoms with Gasteiger partial charge in [0.2, 0.25) is 5.91 Å². The van der Waals surface area contributed by atoms with Gasteiger partial charge in [0, 0.05) is 16.1 Å². The number of thioether (sulfide) groups is 1. The summed E-state index contributed by atoms with van der Waals surface area (Å²) < 4.78 is 0. The van der Waals surface area contributed by atoms with Gasteiger partial charge in [-0.2, -0.15) is 0 Å². The molecule has 3 rings (SSSR count). The third-order valence-electron chi connectivity index (χ3n) is 3.40. The van der Waals surface area contributed by atoms with Gasteiger partial charge in [-0.05, 0) is 36.8 Å². The van der Waals surface area contributed by atoms with E-state index in [0.717, 1.165) is 27.2 Å². The Labute approximate surface area is 144 Å². The van der Waals surface area contributed by atoms with E-state index >= 15 is 0 Å². The van der Waals surface area contributed by atoms with Crippen LogP contribution in [0.3, 0.4) is 0 Å². The Morgan fingerprint density at radius 2 is 2.00 bits per heavy atom. The third kappa shape index (κ3) is 4.03. The second-order valence-corrected chi connectivity index (χ2v) is 6.57. The Kier molecular flexibility index (Phi) is 4.84. The summed E-state index contributed by atoms with van der Waals surface area (Å²) in [5, 5.41) is 5.42. The molecule has 3 aromatic rings. The normalized spacial score (nSPS) is 10.7. The smallest absolute Gasteiger partial charge is 0.234 e. The topological polar surface area (TPSA) is 42.0 Å². The molecule has 0 bridgehead atoms. The molecule has 0 unspecified atom stereocenters. The quantitative estimate of drug-likeness (QED) is 0.684. The van der Waals surface area contributed by atoms with E-state index in [4.69, 9.17) is 11.6 Å². The molecular weight excluding hydrogens is 328 g/mol. The van der Waals surface area contributed by atoms with Gasteiger partial charge in [-0.3, -0.25) is 4.79 Å². The van der Waals surface area contributed by atoms with Crippen LogP contribution in [-0.4, -0.2) is 16.6 Å². The second kappa shape index (κ2) is 7.02. The number of hydrogen-bond donors (Lipinski definition) is 1. The van der Waals surface area contributed by atoms with E-state index in [2.05, 4.69) is 10.3 Å². The molecule has 0 saturated heterocycles. The molecule has 3 nitrogen and oxygen atoms in total. The fourth-order valence-corrected chi connectivity index (χ4v) is 3.03. The van der Waals surface area contributed by atoms with Crippen molar-refractivity contribution >= 4 is 45.9 Å². The largest absolute Gasteiger partial charge is 0.325 e. The van der Waals surface area contributed by atoms with E-state index < -0.39 is 0 Å². The third-order valence-corrected chi connectivity index (χ3v) is 4.56. The Morgan fingerprint density at radius 1 is 1.17 bits per heavy atom. The molecule has 1 aromatic heterocycles. The molecule has 5 heteroatoms. The van der Waals surface area contributed by atoms with Crippen molar-refractivity contribution in [1.29, 1.82) is 0 Å². The molecular formula is C18H15ClN2OS. The van der Waals surface area contributed by atoms with Gasteiger partial charge < -0.3 is 5.32 Å². The molecule has 1 amide bonds. The highest BCUT2D eigenvalue weighted by Crippen LogP contribution is 2.22. The van der Waals surface area contributed by atoms with Gasteiger partial charge in [0.25, 0.3) is 0 Å². The van der Waals surface area contributed by atoms with Gasteiger partial charge in [-0.1, -0.05) is 53.7 Å². The number of nitrogens with one attached hydrogen (secondary N) is 1. The average molecular weight is 343 g/mol. The van der Waals surface area contributed by atoms with E-state index in [1.54, 1.807) is 12.1 Å². The molecule has 0 fully saturated rings. The van der Waals surface area contributed by atoms with E-state index in [0.29, 0.717) is 10.8 Å². The summed E-state index contributed by atoms with van der Waals surface area (Å²) in [6, 6.07) is 17.3. The standard InChI is InChI=1S/C18H15ClN2OS/c1-12-6-8-14(19)10-16(12)20-17(22)11-23-18-9-7-13-4-2-3-5-15(13)21-18/h2-10H,11H2,1H3,(H,20,22). The molecule has 0 spiro atoms. The predicted octanol–water partition coefficient (Wildman–Crippen LogP) is 4.93. The Hall–Kier alpha value is -2.04. The summed E-state index contributed by atoms with van der Waals surface area (Å²) in [7, 11) is 0. The number of anilines is 1. The lowest BCUT2D eigenvalue weighted by molar-refractivity contribution is -0.113. The van der Waals surface area contributed by atoms with Crippen molar-refractivity contribution in [3.8, 4) is 0 Å². The number of carbonyl (C=O) groups excluding carboxylic acids is 1. The molecule has 0 radical (unpaired) electrons. The van der Waals surface area contributed by atoms with Gasteiger partial charge in [0.1, 0.15) is 0 Å². The first-order valence-corrected chi connectivity index (χ1v) is 8.53. The summed E-state index contributed by atoms with van der Waals surface area (Å²) >= 11 is 7.38. The average Bonchev–Trinajstić information content (AvgIpc) is 2.56. The van der Waals surface area contributed by atoms with Crippen molar-refractivity contribution in [2.24, 2.45) is 0 Å².